The van der Waals surface area contributed by atoms with Gasteiger partial charge >= 0.3 is 0 Å². The second-order valence-corrected chi connectivity index (χ2v) is 21.6. The van der Waals surface area contributed by atoms with Crippen LogP contribution in [0.25, 0.3) is 86.3 Å². The summed E-state index contributed by atoms with van der Waals surface area (Å²) in [7, 11) is -3.05. The van der Waals surface area contributed by atoms with Gasteiger partial charge in [0.2, 0.25) is 0 Å². The van der Waals surface area contributed by atoms with E-state index in [2.05, 4.69) is 252 Å². The van der Waals surface area contributed by atoms with Gasteiger partial charge in [-0.1, -0.05) is 194 Å². The second kappa shape index (κ2) is 14.7. The van der Waals surface area contributed by atoms with E-state index in [4.69, 9.17) is 0 Å². The lowest BCUT2D eigenvalue weighted by Crippen LogP contribution is -2.75. The minimum atomic E-state index is -3.05. The third-order valence-corrected chi connectivity index (χ3v) is 19.7. The molecule has 0 bridgehead atoms. The molecule has 0 aliphatic heterocycles. The Morgan fingerprint density at radius 2 is 0.812 bits per heavy atom. The Morgan fingerprint density at radius 1 is 0.312 bits per heavy atom. The van der Waals surface area contributed by atoms with Gasteiger partial charge in [-0.2, -0.15) is 0 Å². The Balaban J connectivity index is 1.11. The van der Waals surface area contributed by atoms with E-state index in [0.29, 0.717) is 0 Å². The average molecular weight is 849 g/mol. The van der Waals surface area contributed by atoms with E-state index < -0.39 is 8.07 Å². The first-order chi connectivity index (χ1) is 31.8. The summed E-state index contributed by atoms with van der Waals surface area (Å²) in [5.74, 6) is 0. The zero-order chi connectivity index (χ0) is 42.2. The van der Waals surface area contributed by atoms with E-state index in [0.717, 1.165) is 11.4 Å². The number of hydrogen-bond donors (Lipinski definition) is 0. The van der Waals surface area contributed by atoms with Gasteiger partial charge in [-0.05, 0) is 80.4 Å². The van der Waals surface area contributed by atoms with Gasteiger partial charge in [0, 0.05) is 53.1 Å². The Bertz CT molecular complexity index is 3840. The van der Waals surface area contributed by atoms with Crippen molar-refractivity contribution in [2.75, 3.05) is 0 Å². The van der Waals surface area contributed by atoms with Crippen LogP contribution in [-0.2, 0) is 0 Å². The van der Waals surface area contributed by atoms with E-state index in [9.17, 15) is 0 Å². The molecule has 0 atom stereocenters. The van der Waals surface area contributed by atoms with Crippen molar-refractivity contribution in [3.05, 3.63) is 243 Å². The maximum absolute atomic E-state index is 3.05. The highest BCUT2D eigenvalue weighted by Crippen LogP contribution is 2.39. The highest BCUT2D eigenvalue weighted by Gasteiger charge is 2.44. The molecule has 13 rings (SSSR count). The Hall–Kier alpha value is -7.76. The minimum Gasteiger partial charge on any atom is -0.309 e. The Kier molecular flexibility index (Phi) is 8.45. The van der Waals surface area contributed by atoms with Crippen LogP contribution in [0.4, 0.5) is 0 Å². The molecule has 0 saturated carbocycles. The van der Waals surface area contributed by atoms with E-state index in [1.165, 1.54) is 95.7 Å². The van der Waals surface area contributed by atoms with Crippen LogP contribution in [-0.4, -0.2) is 17.2 Å². The summed E-state index contributed by atoms with van der Waals surface area (Å²) in [4.78, 5) is 0. The summed E-state index contributed by atoms with van der Waals surface area (Å²) in [6.45, 7) is 0. The summed E-state index contributed by atoms with van der Waals surface area (Å²) in [6.07, 6.45) is 0. The molecule has 0 aliphatic rings. The number of aromatic nitrogens is 2. The molecule has 0 unspecified atom stereocenters. The number of fused-ring (bicyclic) bond motifs is 9. The topological polar surface area (TPSA) is 9.86 Å². The normalized spacial score (nSPS) is 12.1. The van der Waals surface area contributed by atoms with E-state index >= 15 is 0 Å². The number of benzene rings is 10. The first-order valence-corrected chi connectivity index (χ1v) is 24.8. The van der Waals surface area contributed by atoms with Gasteiger partial charge in [0.1, 0.15) is 0 Å². The molecule has 0 radical (unpaired) electrons. The quantitative estimate of drug-likeness (QED) is 0.112. The van der Waals surface area contributed by atoms with Crippen molar-refractivity contribution in [2.24, 2.45) is 0 Å². The zero-order valence-electron chi connectivity index (χ0n) is 34.9. The number of hydrogen-bond acceptors (Lipinski definition) is 1. The molecule has 0 fully saturated rings. The van der Waals surface area contributed by atoms with Crippen LogP contribution in [0.1, 0.15) is 0 Å². The van der Waals surface area contributed by atoms with E-state index in [1.54, 1.807) is 0 Å². The summed E-state index contributed by atoms with van der Waals surface area (Å²) in [5.41, 5.74) is 9.50. The first-order valence-electron chi connectivity index (χ1n) is 22.0. The van der Waals surface area contributed by atoms with Gasteiger partial charge in [0.15, 0.2) is 8.07 Å². The van der Waals surface area contributed by atoms with Gasteiger partial charge in [0.05, 0.1) is 22.1 Å². The maximum Gasteiger partial charge on any atom is 0.181 e. The highest BCUT2D eigenvalue weighted by molar-refractivity contribution is 7.31. The molecule has 64 heavy (non-hydrogen) atoms. The van der Waals surface area contributed by atoms with E-state index in [-0.39, 0.29) is 0 Å². The van der Waals surface area contributed by atoms with Crippen molar-refractivity contribution >= 4 is 104 Å². The van der Waals surface area contributed by atoms with Crippen LogP contribution in [0.3, 0.4) is 0 Å². The van der Waals surface area contributed by atoms with Crippen molar-refractivity contribution in [3.63, 3.8) is 0 Å². The lowest BCUT2D eigenvalue weighted by molar-refractivity contribution is 1.15. The van der Waals surface area contributed by atoms with Gasteiger partial charge < -0.3 is 9.13 Å². The summed E-state index contributed by atoms with van der Waals surface area (Å²) >= 11 is 1.94. The maximum atomic E-state index is 2.52. The van der Waals surface area contributed by atoms with Crippen molar-refractivity contribution < 1.29 is 0 Å². The van der Waals surface area contributed by atoms with Gasteiger partial charge in [-0.15, -0.1) is 11.3 Å². The van der Waals surface area contributed by atoms with Crippen molar-refractivity contribution in [1.82, 2.24) is 9.13 Å². The molecular formula is C60H40N2SSi. The van der Waals surface area contributed by atoms with Crippen LogP contribution in [0.5, 0.6) is 0 Å². The lowest BCUT2D eigenvalue weighted by Gasteiger charge is -2.35. The molecule has 0 spiro atoms. The number of nitrogens with zero attached hydrogens (tertiary/aromatic N) is 2. The summed E-state index contributed by atoms with van der Waals surface area (Å²) in [6, 6.07) is 90.5. The smallest absolute Gasteiger partial charge is 0.181 e. The Morgan fingerprint density at radius 3 is 1.55 bits per heavy atom. The van der Waals surface area contributed by atoms with Gasteiger partial charge in [-0.3, -0.25) is 0 Å². The molecule has 4 heteroatoms. The first kappa shape index (κ1) is 36.9. The number of thiophene rings is 1. The molecule has 2 nitrogen and oxygen atoms in total. The number of rotatable bonds is 7. The molecule has 300 valence electrons. The fourth-order valence-electron chi connectivity index (χ4n) is 10.8. The Labute approximate surface area is 376 Å². The van der Waals surface area contributed by atoms with Gasteiger partial charge in [-0.25, -0.2) is 0 Å². The predicted molar refractivity (Wildman–Crippen MR) is 277 cm³/mol. The van der Waals surface area contributed by atoms with Crippen LogP contribution in [0, 0.1) is 0 Å². The van der Waals surface area contributed by atoms with Crippen LogP contribution >= 0.6 is 11.3 Å². The predicted octanol–water partition coefficient (Wildman–Crippen LogP) is 13.3. The molecule has 10 aromatic carbocycles. The van der Waals surface area contributed by atoms with Crippen molar-refractivity contribution in [1.29, 1.82) is 0 Å². The molecule has 3 aromatic heterocycles. The monoisotopic (exact) mass is 848 g/mol. The van der Waals surface area contributed by atoms with E-state index in [1.807, 2.05) is 11.3 Å². The molecular weight excluding hydrogens is 809 g/mol. The minimum absolute atomic E-state index is 1.14. The third-order valence-electron chi connectivity index (χ3n) is 13.5. The second-order valence-electron chi connectivity index (χ2n) is 16.8. The highest BCUT2D eigenvalue weighted by atomic mass is 32.1. The van der Waals surface area contributed by atoms with Crippen LogP contribution < -0.4 is 20.7 Å². The summed E-state index contributed by atoms with van der Waals surface area (Å²) in [5, 5.41) is 13.3. The molecule has 13 aromatic rings. The molecule has 0 aliphatic carbocycles. The third kappa shape index (κ3) is 5.43. The molecule has 0 amide bonds. The lowest BCUT2D eigenvalue weighted by atomic mass is 10.1. The van der Waals surface area contributed by atoms with Crippen LogP contribution in [0.15, 0.2) is 243 Å². The fourth-order valence-corrected chi connectivity index (χ4v) is 17.6. The van der Waals surface area contributed by atoms with Crippen molar-refractivity contribution in [3.8, 4) is 22.5 Å². The largest absolute Gasteiger partial charge is 0.309 e. The zero-order valence-corrected chi connectivity index (χ0v) is 36.7. The number of para-hydroxylation sites is 2. The average Bonchev–Trinajstić information content (AvgIpc) is 4.03. The van der Waals surface area contributed by atoms with Crippen LogP contribution in [0.2, 0.25) is 0 Å². The SMILES string of the molecule is c1ccc(-c2ccc(-n3c4ccccc4c4ccc(-n5c6ccccc6c6c([Si](c7ccccc7)(c7ccccc7)c7cccc8c7sc7ccccc78)cccc65)cc43)cc2)cc1. The van der Waals surface area contributed by atoms with Gasteiger partial charge in [0.25, 0.3) is 0 Å². The fraction of sp³-hybridized carbons (Fsp3) is 0. The summed E-state index contributed by atoms with van der Waals surface area (Å²) < 4.78 is 7.66. The molecule has 0 saturated heterocycles. The standard InChI is InChI=1S/C60H40N2SSi/c1-4-18-41(19-5-1)42-34-36-43(37-35-42)61-52-28-13-10-24-47(52)48-39-38-44(40-55(48)61)62-53-29-14-11-26-51(53)59-54(62)30-17-32-57(59)64(45-20-6-2-7-21-45,46-22-8-3-9-23-46)58-33-16-27-50-49-25-12-15-31-56(49)63-60(50)58/h1-40H. The molecule has 3 heterocycles. The molecule has 0 N–H and O–H groups in total. The van der Waals surface area contributed by atoms with Crippen molar-refractivity contribution in [2.45, 2.75) is 0 Å².